The lowest BCUT2D eigenvalue weighted by Crippen LogP contribution is -2.41. The van der Waals surface area contributed by atoms with Gasteiger partial charge in [0.2, 0.25) is 11.8 Å². The van der Waals surface area contributed by atoms with Crippen molar-refractivity contribution in [2.24, 2.45) is 5.92 Å². The molecule has 2 aromatic carbocycles. The number of carbonyl (C=O) groups excluding carboxylic acids is 2. The van der Waals surface area contributed by atoms with Crippen LogP contribution >= 0.6 is 0 Å². The van der Waals surface area contributed by atoms with Crippen molar-refractivity contribution < 1.29 is 18.7 Å². The summed E-state index contributed by atoms with van der Waals surface area (Å²) in [7, 11) is 0. The topological polar surface area (TPSA) is 58.6 Å². The van der Waals surface area contributed by atoms with Gasteiger partial charge in [-0.1, -0.05) is 19.1 Å². The number of piperidine rings is 1. The molecule has 1 fully saturated rings. The number of benzene rings is 2. The standard InChI is InChI=1S/C21H23FN2O3/c1-2-20(25)24-13-11-15(12-14-24)21(26)23-16-7-9-17(10-8-16)27-19-6-4-3-5-18(19)22/h3-10,15H,2,11-14H2,1H3,(H,23,26). The number of ether oxygens (including phenoxy) is 1. The highest BCUT2D eigenvalue weighted by molar-refractivity contribution is 5.92. The summed E-state index contributed by atoms with van der Waals surface area (Å²) in [5.74, 6) is 0.218. The first-order valence-corrected chi connectivity index (χ1v) is 9.18. The number of rotatable bonds is 5. The van der Waals surface area contributed by atoms with Crippen LogP contribution in [-0.4, -0.2) is 29.8 Å². The molecule has 0 bridgehead atoms. The van der Waals surface area contributed by atoms with Crippen LogP contribution in [0.25, 0.3) is 0 Å². The van der Waals surface area contributed by atoms with Crippen molar-refractivity contribution in [2.45, 2.75) is 26.2 Å². The summed E-state index contributed by atoms with van der Waals surface area (Å²) in [4.78, 5) is 26.0. The number of nitrogens with zero attached hydrogens (tertiary/aromatic N) is 1. The van der Waals surface area contributed by atoms with Crippen molar-refractivity contribution >= 4 is 17.5 Å². The van der Waals surface area contributed by atoms with Gasteiger partial charge in [-0.25, -0.2) is 4.39 Å². The van der Waals surface area contributed by atoms with E-state index in [-0.39, 0.29) is 23.5 Å². The molecule has 1 N–H and O–H groups in total. The van der Waals surface area contributed by atoms with Crippen LogP contribution in [0.2, 0.25) is 0 Å². The van der Waals surface area contributed by atoms with Gasteiger partial charge in [0, 0.05) is 31.1 Å². The van der Waals surface area contributed by atoms with Gasteiger partial charge in [-0.2, -0.15) is 0 Å². The van der Waals surface area contributed by atoms with Crippen LogP contribution in [0.3, 0.4) is 0 Å². The van der Waals surface area contributed by atoms with Crippen molar-refractivity contribution in [3.63, 3.8) is 0 Å². The quantitative estimate of drug-likeness (QED) is 0.858. The first-order chi connectivity index (χ1) is 13.1. The zero-order valence-electron chi connectivity index (χ0n) is 15.3. The Bertz CT molecular complexity index is 799. The fraction of sp³-hybridized carbons (Fsp3) is 0.333. The number of hydrogen-bond donors (Lipinski definition) is 1. The van der Waals surface area contributed by atoms with Gasteiger partial charge in [-0.05, 0) is 49.2 Å². The smallest absolute Gasteiger partial charge is 0.227 e. The van der Waals surface area contributed by atoms with Gasteiger partial charge in [-0.15, -0.1) is 0 Å². The predicted molar refractivity (Wildman–Crippen MR) is 101 cm³/mol. The summed E-state index contributed by atoms with van der Waals surface area (Å²) in [6.45, 7) is 3.10. The molecular formula is C21H23FN2O3. The van der Waals surface area contributed by atoms with Crippen LogP contribution in [0.1, 0.15) is 26.2 Å². The maximum absolute atomic E-state index is 13.6. The van der Waals surface area contributed by atoms with Gasteiger partial charge < -0.3 is 15.0 Å². The molecule has 2 aromatic rings. The second-order valence-corrected chi connectivity index (χ2v) is 6.55. The molecule has 0 spiro atoms. The predicted octanol–water partition coefficient (Wildman–Crippen LogP) is 4.21. The first-order valence-electron chi connectivity index (χ1n) is 9.18. The van der Waals surface area contributed by atoms with E-state index in [0.717, 1.165) is 0 Å². The molecule has 27 heavy (non-hydrogen) atoms. The molecule has 0 saturated carbocycles. The van der Waals surface area contributed by atoms with Gasteiger partial charge >= 0.3 is 0 Å². The van der Waals surface area contributed by atoms with E-state index in [1.165, 1.54) is 6.07 Å². The summed E-state index contributed by atoms with van der Waals surface area (Å²) < 4.78 is 19.1. The molecule has 0 atom stereocenters. The fourth-order valence-corrected chi connectivity index (χ4v) is 3.12. The molecule has 1 saturated heterocycles. The van der Waals surface area contributed by atoms with Gasteiger partial charge in [0.25, 0.3) is 0 Å². The third-order valence-electron chi connectivity index (χ3n) is 4.71. The van der Waals surface area contributed by atoms with Crippen LogP contribution in [0.5, 0.6) is 11.5 Å². The number of halogens is 1. The van der Waals surface area contributed by atoms with Crippen LogP contribution in [0.4, 0.5) is 10.1 Å². The van der Waals surface area contributed by atoms with Crippen molar-refractivity contribution in [2.75, 3.05) is 18.4 Å². The highest BCUT2D eigenvalue weighted by atomic mass is 19.1. The zero-order chi connectivity index (χ0) is 19.2. The summed E-state index contributed by atoms with van der Waals surface area (Å²) in [6.07, 6.45) is 1.84. The largest absolute Gasteiger partial charge is 0.454 e. The third kappa shape index (κ3) is 4.84. The van der Waals surface area contributed by atoms with E-state index in [9.17, 15) is 14.0 Å². The SMILES string of the molecule is CCC(=O)N1CCC(C(=O)Nc2ccc(Oc3ccccc3F)cc2)CC1. The highest BCUT2D eigenvalue weighted by Gasteiger charge is 2.26. The van der Waals surface area contributed by atoms with Crippen LogP contribution < -0.4 is 10.1 Å². The molecule has 0 aliphatic carbocycles. The van der Waals surface area contributed by atoms with E-state index in [1.54, 1.807) is 42.5 Å². The summed E-state index contributed by atoms with van der Waals surface area (Å²) >= 11 is 0. The number of amides is 2. The minimum atomic E-state index is -0.428. The number of hydrogen-bond acceptors (Lipinski definition) is 3. The average molecular weight is 370 g/mol. The molecule has 1 aliphatic rings. The molecule has 0 radical (unpaired) electrons. The van der Waals surface area contributed by atoms with E-state index in [4.69, 9.17) is 4.74 Å². The van der Waals surface area contributed by atoms with Crippen LogP contribution in [0.15, 0.2) is 48.5 Å². The molecule has 6 heteroatoms. The normalized spacial score (nSPS) is 14.7. The Hall–Kier alpha value is -2.89. The Morgan fingerprint density at radius 3 is 2.41 bits per heavy atom. The lowest BCUT2D eigenvalue weighted by molar-refractivity contribution is -0.134. The number of anilines is 1. The molecule has 1 heterocycles. The molecule has 142 valence electrons. The Kier molecular flexibility index (Phi) is 6.06. The Morgan fingerprint density at radius 2 is 1.78 bits per heavy atom. The van der Waals surface area contributed by atoms with E-state index >= 15 is 0 Å². The minimum Gasteiger partial charge on any atom is -0.454 e. The molecule has 0 unspecified atom stereocenters. The Morgan fingerprint density at radius 1 is 1.11 bits per heavy atom. The highest BCUT2D eigenvalue weighted by Crippen LogP contribution is 2.26. The second-order valence-electron chi connectivity index (χ2n) is 6.55. The molecular weight excluding hydrogens is 347 g/mol. The van der Waals surface area contributed by atoms with E-state index in [2.05, 4.69) is 5.32 Å². The Labute approximate surface area is 158 Å². The minimum absolute atomic E-state index is 0.0404. The lowest BCUT2D eigenvalue weighted by Gasteiger charge is -2.31. The number of nitrogens with one attached hydrogen (secondary N) is 1. The summed E-state index contributed by atoms with van der Waals surface area (Å²) in [6, 6.07) is 13.0. The second kappa shape index (κ2) is 8.66. The maximum Gasteiger partial charge on any atom is 0.227 e. The number of likely N-dealkylation sites (tertiary alicyclic amines) is 1. The zero-order valence-corrected chi connectivity index (χ0v) is 15.3. The lowest BCUT2D eigenvalue weighted by atomic mass is 9.95. The Balaban J connectivity index is 1.53. The van der Waals surface area contributed by atoms with Crippen molar-refractivity contribution in [3.8, 4) is 11.5 Å². The molecule has 0 aromatic heterocycles. The van der Waals surface area contributed by atoms with Crippen LogP contribution in [-0.2, 0) is 9.59 Å². The molecule has 2 amide bonds. The molecule has 3 rings (SSSR count). The van der Waals surface area contributed by atoms with E-state index in [0.29, 0.717) is 43.8 Å². The first kappa shape index (κ1) is 18.9. The van der Waals surface area contributed by atoms with Gasteiger partial charge in [0.1, 0.15) is 5.75 Å². The van der Waals surface area contributed by atoms with Gasteiger partial charge in [0.05, 0.1) is 0 Å². The van der Waals surface area contributed by atoms with Crippen LogP contribution in [0, 0.1) is 11.7 Å². The van der Waals surface area contributed by atoms with E-state index < -0.39 is 5.82 Å². The monoisotopic (exact) mass is 370 g/mol. The van der Waals surface area contributed by atoms with E-state index in [1.807, 2.05) is 11.8 Å². The molecule has 5 nitrogen and oxygen atoms in total. The number of para-hydroxylation sites is 1. The van der Waals surface area contributed by atoms with Crippen molar-refractivity contribution in [1.82, 2.24) is 4.90 Å². The third-order valence-corrected chi connectivity index (χ3v) is 4.71. The summed E-state index contributed by atoms with van der Waals surface area (Å²) in [5.41, 5.74) is 0.660. The van der Waals surface area contributed by atoms with Crippen molar-refractivity contribution in [1.29, 1.82) is 0 Å². The number of carbonyl (C=O) groups is 2. The van der Waals surface area contributed by atoms with Crippen molar-refractivity contribution in [3.05, 3.63) is 54.3 Å². The van der Waals surface area contributed by atoms with Gasteiger partial charge in [0.15, 0.2) is 11.6 Å². The maximum atomic E-state index is 13.6. The summed E-state index contributed by atoms with van der Waals surface area (Å²) in [5, 5.41) is 2.90. The molecule has 1 aliphatic heterocycles. The van der Waals surface area contributed by atoms with Gasteiger partial charge in [-0.3, -0.25) is 9.59 Å². The fourth-order valence-electron chi connectivity index (χ4n) is 3.12. The average Bonchev–Trinajstić information content (AvgIpc) is 2.70.